The standard InChI is InChI=1S/C11H14ClNO/c12-9-4-1-3-8(7-9)11(13)10-5-2-6-14-10/h1,3-4,7,10-11H,2,5-6,13H2. The SMILES string of the molecule is NC(c1cccc(Cl)c1)C1CCCO1. The van der Waals surface area contributed by atoms with Crippen LogP contribution < -0.4 is 5.73 Å². The van der Waals surface area contributed by atoms with Gasteiger partial charge in [-0.05, 0) is 30.5 Å². The molecule has 3 heteroatoms. The van der Waals surface area contributed by atoms with Gasteiger partial charge < -0.3 is 10.5 Å². The zero-order chi connectivity index (χ0) is 9.97. The average Bonchev–Trinajstić information content (AvgIpc) is 2.69. The van der Waals surface area contributed by atoms with E-state index in [1.165, 1.54) is 0 Å². The molecule has 1 aromatic carbocycles. The largest absolute Gasteiger partial charge is 0.376 e. The monoisotopic (exact) mass is 211 g/mol. The molecule has 1 aliphatic heterocycles. The topological polar surface area (TPSA) is 35.2 Å². The third kappa shape index (κ3) is 2.08. The van der Waals surface area contributed by atoms with Crippen molar-refractivity contribution in [2.75, 3.05) is 6.61 Å². The van der Waals surface area contributed by atoms with Crippen molar-refractivity contribution in [3.8, 4) is 0 Å². The first-order chi connectivity index (χ1) is 6.77. The number of benzene rings is 1. The molecule has 2 rings (SSSR count). The van der Waals surface area contributed by atoms with E-state index < -0.39 is 0 Å². The summed E-state index contributed by atoms with van der Waals surface area (Å²) < 4.78 is 5.54. The highest BCUT2D eigenvalue weighted by Crippen LogP contribution is 2.26. The van der Waals surface area contributed by atoms with E-state index in [-0.39, 0.29) is 12.1 Å². The Morgan fingerprint density at radius 3 is 3.00 bits per heavy atom. The van der Waals surface area contributed by atoms with Crippen LogP contribution in [0.3, 0.4) is 0 Å². The van der Waals surface area contributed by atoms with Crippen LogP contribution in [0.2, 0.25) is 5.02 Å². The maximum absolute atomic E-state index is 6.09. The summed E-state index contributed by atoms with van der Waals surface area (Å²) in [6, 6.07) is 7.64. The predicted molar refractivity (Wildman–Crippen MR) is 57.4 cm³/mol. The van der Waals surface area contributed by atoms with Crippen LogP contribution in [0.1, 0.15) is 24.4 Å². The van der Waals surface area contributed by atoms with Gasteiger partial charge >= 0.3 is 0 Å². The minimum atomic E-state index is -0.0452. The van der Waals surface area contributed by atoms with Crippen LogP contribution in [0.4, 0.5) is 0 Å². The van der Waals surface area contributed by atoms with Crippen LogP contribution in [0.25, 0.3) is 0 Å². The van der Waals surface area contributed by atoms with Crippen LogP contribution in [-0.2, 0) is 4.74 Å². The quantitative estimate of drug-likeness (QED) is 0.816. The Hall–Kier alpha value is -0.570. The molecule has 0 bridgehead atoms. The fourth-order valence-electron chi connectivity index (χ4n) is 1.81. The molecular formula is C11H14ClNO. The summed E-state index contributed by atoms with van der Waals surface area (Å²) in [7, 11) is 0. The van der Waals surface area contributed by atoms with E-state index in [1.807, 2.05) is 24.3 Å². The first kappa shape index (κ1) is 9.97. The van der Waals surface area contributed by atoms with Crippen molar-refractivity contribution >= 4 is 11.6 Å². The van der Waals surface area contributed by atoms with Gasteiger partial charge in [-0.25, -0.2) is 0 Å². The average molecular weight is 212 g/mol. The Kier molecular flexibility index (Phi) is 3.06. The third-order valence-corrected chi connectivity index (χ3v) is 2.83. The van der Waals surface area contributed by atoms with Gasteiger partial charge in [0.2, 0.25) is 0 Å². The van der Waals surface area contributed by atoms with E-state index in [4.69, 9.17) is 22.1 Å². The summed E-state index contributed by atoms with van der Waals surface area (Å²) in [5, 5.41) is 0.732. The third-order valence-electron chi connectivity index (χ3n) is 2.60. The maximum atomic E-state index is 6.09. The van der Waals surface area contributed by atoms with Gasteiger partial charge in [-0.1, -0.05) is 23.7 Å². The second-order valence-corrected chi connectivity index (χ2v) is 4.07. The van der Waals surface area contributed by atoms with Crippen LogP contribution in [0.5, 0.6) is 0 Å². The highest BCUT2D eigenvalue weighted by molar-refractivity contribution is 6.30. The summed E-state index contributed by atoms with van der Waals surface area (Å²) in [6.07, 6.45) is 2.32. The van der Waals surface area contributed by atoms with E-state index in [9.17, 15) is 0 Å². The highest BCUT2D eigenvalue weighted by atomic mass is 35.5. The molecule has 0 radical (unpaired) electrons. The Morgan fingerprint density at radius 2 is 2.36 bits per heavy atom. The molecule has 1 saturated heterocycles. The fraction of sp³-hybridized carbons (Fsp3) is 0.455. The Labute approximate surface area is 89.0 Å². The van der Waals surface area contributed by atoms with E-state index in [0.29, 0.717) is 0 Å². The summed E-state index contributed by atoms with van der Waals surface area (Å²) in [5.74, 6) is 0. The van der Waals surface area contributed by atoms with Gasteiger partial charge in [-0.15, -0.1) is 0 Å². The number of halogens is 1. The van der Waals surface area contributed by atoms with Gasteiger partial charge in [0.05, 0.1) is 12.1 Å². The lowest BCUT2D eigenvalue weighted by Crippen LogP contribution is -2.25. The smallest absolute Gasteiger partial charge is 0.0768 e. The molecule has 0 aliphatic carbocycles. The molecule has 0 aromatic heterocycles. The van der Waals surface area contributed by atoms with Crippen molar-refractivity contribution in [2.24, 2.45) is 5.73 Å². The first-order valence-electron chi connectivity index (χ1n) is 4.90. The van der Waals surface area contributed by atoms with Crippen molar-refractivity contribution in [1.82, 2.24) is 0 Å². The van der Waals surface area contributed by atoms with Gasteiger partial charge in [-0.2, -0.15) is 0 Å². The lowest BCUT2D eigenvalue weighted by atomic mass is 10.0. The molecule has 2 unspecified atom stereocenters. The minimum Gasteiger partial charge on any atom is -0.376 e. The Bertz CT molecular complexity index is 310. The van der Waals surface area contributed by atoms with Crippen LogP contribution in [0, 0.1) is 0 Å². The lowest BCUT2D eigenvalue weighted by molar-refractivity contribution is 0.0900. The zero-order valence-corrected chi connectivity index (χ0v) is 8.70. The maximum Gasteiger partial charge on any atom is 0.0768 e. The summed E-state index contributed by atoms with van der Waals surface area (Å²) in [6.45, 7) is 0.832. The van der Waals surface area contributed by atoms with Crippen LogP contribution in [0.15, 0.2) is 24.3 Å². The fourth-order valence-corrected chi connectivity index (χ4v) is 2.01. The molecule has 14 heavy (non-hydrogen) atoms. The molecule has 2 nitrogen and oxygen atoms in total. The van der Waals surface area contributed by atoms with Crippen molar-refractivity contribution < 1.29 is 4.74 Å². The van der Waals surface area contributed by atoms with Gasteiger partial charge in [0.1, 0.15) is 0 Å². The Balaban J connectivity index is 2.13. The van der Waals surface area contributed by atoms with Gasteiger partial charge in [0.25, 0.3) is 0 Å². The van der Waals surface area contributed by atoms with Crippen molar-refractivity contribution in [2.45, 2.75) is 25.0 Å². The molecule has 1 fully saturated rings. The minimum absolute atomic E-state index is 0.0452. The van der Waals surface area contributed by atoms with Crippen molar-refractivity contribution in [3.05, 3.63) is 34.9 Å². The summed E-state index contributed by atoms with van der Waals surface area (Å²) in [4.78, 5) is 0. The van der Waals surface area contributed by atoms with Gasteiger partial charge in [0, 0.05) is 11.6 Å². The van der Waals surface area contributed by atoms with E-state index in [0.717, 1.165) is 30.0 Å². The number of ether oxygens (including phenoxy) is 1. The molecule has 76 valence electrons. The number of hydrogen-bond acceptors (Lipinski definition) is 2. The van der Waals surface area contributed by atoms with E-state index in [1.54, 1.807) is 0 Å². The summed E-state index contributed by atoms with van der Waals surface area (Å²) in [5.41, 5.74) is 7.15. The first-order valence-corrected chi connectivity index (χ1v) is 5.28. The second-order valence-electron chi connectivity index (χ2n) is 3.63. The highest BCUT2D eigenvalue weighted by Gasteiger charge is 2.23. The molecule has 2 atom stereocenters. The molecule has 2 N–H and O–H groups in total. The summed E-state index contributed by atoms with van der Waals surface area (Å²) >= 11 is 5.90. The number of rotatable bonds is 2. The van der Waals surface area contributed by atoms with Crippen LogP contribution >= 0.6 is 11.6 Å². The lowest BCUT2D eigenvalue weighted by Gasteiger charge is -2.18. The molecular weight excluding hydrogens is 198 g/mol. The van der Waals surface area contributed by atoms with Gasteiger partial charge in [0.15, 0.2) is 0 Å². The normalized spacial score (nSPS) is 23.7. The van der Waals surface area contributed by atoms with E-state index in [2.05, 4.69) is 0 Å². The Morgan fingerprint density at radius 1 is 1.50 bits per heavy atom. The zero-order valence-electron chi connectivity index (χ0n) is 7.95. The van der Waals surface area contributed by atoms with E-state index >= 15 is 0 Å². The number of nitrogens with two attached hydrogens (primary N) is 1. The molecule has 0 spiro atoms. The van der Waals surface area contributed by atoms with Crippen LogP contribution in [-0.4, -0.2) is 12.7 Å². The van der Waals surface area contributed by atoms with Crippen molar-refractivity contribution in [1.29, 1.82) is 0 Å². The molecule has 1 aromatic rings. The molecule has 0 amide bonds. The second kappa shape index (κ2) is 4.30. The molecule has 1 heterocycles. The van der Waals surface area contributed by atoms with Gasteiger partial charge in [-0.3, -0.25) is 0 Å². The molecule has 0 saturated carbocycles. The molecule has 1 aliphatic rings. The van der Waals surface area contributed by atoms with Crippen molar-refractivity contribution in [3.63, 3.8) is 0 Å². The number of hydrogen-bond donors (Lipinski definition) is 1. The predicted octanol–water partition coefficient (Wildman–Crippen LogP) is 2.52.